The van der Waals surface area contributed by atoms with Crippen molar-refractivity contribution >= 4 is 23.0 Å². The van der Waals surface area contributed by atoms with Gasteiger partial charge in [0.2, 0.25) is 0 Å². The first-order chi connectivity index (χ1) is 9.81. The fourth-order valence-corrected chi connectivity index (χ4v) is 3.05. The van der Waals surface area contributed by atoms with Gasteiger partial charge >= 0.3 is 0 Å². The van der Waals surface area contributed by atoms with E-state index in [4.69, 9.17) is 11.6 Å². The fourth-order valence-electron chi connectivity index (χ4n) is 2.88. The Morgan fingerprint density at radius 2 is 2.33 bits per heavy atom. The molecular weight excluding hydrogens is 299 g/mol. The lowest BCUT2D eigenvalue weighted by Gasteiger charge is -2.35. The molecule has 2 unspecified atom stereocenters. The van der Waals surface area contributed by atoms with E-state index in [1.807, 2.05) is 0 Å². The second-order valence-corrected chi connectivity index (χ2v) is 6.23. The summed E-state index contributed by atoms with van der Waals surface area (Å²) in [7, 11) is 0. The van der Waals surface area contributed by atoms with Gasteiger partial charge in [-0.15, -0.1) is 0 Å². The molecule has 2 rings (SSSR count). The predicted molar refractivity (Wildman–Crippen MR) is 79.1 cm³/mol. The van der Waals surface area contributed by atoms with Crippen LogP contribution in [0.15, 0.2) is 12.1 Å². The lowest BCUT2D eigenvalue weighted by molar-refractivity contribution is -0.384. The van der Waals surface area contributed by atoms with Crippen LogP contribution in [0.1, 0.15) is 32.6 Å². The summed E-state index contributed by atoms with van der Waals surface area (Å²) < 4.78 is 13.3. The second-order valence-electron chi connectivity index (χ2n) is 5.82. The van der Waals surface area contributed by atoms with Crippen molar-refractivity contribution in [3.05, 3.63) is 33.1 Å². The number of benzene rings is 1. The number of nitro benzene ring substituents is 1. The summed E-state index contributed by atoms with van der Waals surface area (Å²) in [5.41, 5.74) is -1.16. The summed E-state index contributed by atoms with van der Waals surface area (Å²) in [5, 5.41) is 24.1. The van der Waals surface area contributed by atoms with E-state index >= 15 is 0 Å². The van der Waals surface area contributed by atoms with Gasteiger partial charge in [0.15, 0.2) is 0 Å². The number of anilines is 1. The molecule has 0 amide bonds. The van der Waals surface area contributed by atoms with Crippen LogP contribution < -0.4 is 5.32 Å². The van der Waals surface area contributed by atoms with Crippen molar-refractivity contribution in [2.45, 2.75) is 38.2 Å². The van der Waals surface area contributed by atoms with Crippen LogP contribution in [0.3, 0.4) is 0 Å². The third kappa shape index (κ3) is 3.83. The van der Waals surface area contributed by atoms with Crippen molar-refractivity contribution in [1.29, 1.82) is 0 Å². The van der Waals surface area contributed by atoms with E-state index in [0.717, 1.165) is 18.9 Å². The maximum absolute atomic E-state index is 13.3. The largest absolute Gasteiger partial charge is 0.388 e. The van der Waals surface area contributed by atoms with Gasteiger partial charge in [0.1, 0.15) is 11.5 Å². The Labute approximate surface area is 127 Å². The minimum Gasteiger partial charge on any atom is -0.388 e. The van der Waals surface area contributed by atoms with Gasteiger partial charge in [0.25, 0.3) is 5.69 Å². The molecule has 0 saturated heterocycles. The molecule has 2 N–H and O–H groups in total. The molecule has 1 aliphatic rings. The van der Waals surface area contributed by atoms with Gasteiger partial charge in [-0.05, 0) is 24.8 Å². The third-order valence-corrected chi connectivity index (χ3v) is 4.20. The monoisotopic (exact) mass is 316 g/mol. The lowest BCUT2D eigenvalue weighted by atomic mass is 9.79. The number of nitrogens with zero attached hydrogens (tertiary/aromatic N) is 1. The minimum atomic E-state index is -0.896. The number of nitro groups is 1. The maximum Gasteiger partial charge on any atom is 0.295 e. The summed E-state index contributed by atoms with van der Waals surface area (Å²) >= 11 is 5.67. The molecule has 0 heterocycles. The van der Waals surface area contributed by atoms with Gasteiger partial charge in [-0.25, -0.2) is 4.39 Å². The van der Waals surface area contributed by atoms with Crippen LogP contribution in [0, 0.1) is 21.8 Å². The van der Waals surface area contributed by atoms with Crippen LogP contribution >= 0.6 is 11.6 Å². The van der Waals surface area contributed by atoms with E-state index in [2.05, 4.69) is 12.2 Å². The molecule has 0 spiro atoms. The van der Waals surface area contributed by atoms with Gasteiger partial charge < -0.3 is 10.4 Å². The number of rotatable bonds is 4. The zero-order valence-corrected chi connectivity index (χ0v) is 12.5. The molecule has 1 aromatic carbocycles. The summed E-state index contributed by atoms with van der Waals surface area (Å²) in [6.07, 6.45) is 3.28. The summed E-state index contributed by atoms with van der Waals surface area (Å²) in [4.78, 5) is 10.3. The Balaban J connectivity index is 2.16. The molecule has 1 saturated carbocycles. The fraction of sp³-hybridized carbons (Fsp3) is 0.571. The molecule has 1 aromatic rings. The highest BCUT2D eigenvalue weighted by Crippen LogP contribution is 2.34. The molecule has 21 heavy (non-hydrogen) atoms. The number of nitrogens with one attached hydrogen (secondary N) is 1. The quantitative estimate of drug-likeness (QED) is 0.655. The van der Waals surface area contributed by atoms with Gasteiger partial charge in [-0.2, -0.15) is 0 Å². The van der Waals surface area contributed by atoms with Gasteiger partial charge in [-0.1, -0.05) is 31.4 Å². The van der Waals surface area contributed by atoms with Crippen LogP contribution in [0.5, 0.6) is 0 Å². The van der Waals surface area contributed by atoms with Crippen molar-refractivity contribution in [2.75, 3.05) is 11.9 Å². The second kappa shape index (κ2) is 6.15. The van der Waals surface area contributed by atoms with Crippen LogP contribution in [-0.2, 0) is 0 Å². The minimum absolute atomic E-state index is 0.123. The van der Waals surface area contributed by atoms with Crippen molar-refractivity contribution in [2.24, 2.45) is 5.92 Å². The Bertz CT molecular complexity index is 555. The van der Waals surface area contributed by atoms with Crippen molar-refractivity contribution < 1.29 is 14.4 Å². The van der Waals surface area contributed by atoms with Gasteiger partial charge in [0, 0.05) is 6.54 Å². The van der Waals surface area contributed by atoms with Gasteiger partial charge in [-0.3, -0.25) is 10.1 Å². The molecule has 5 nitrogen and oxygen atoms in total. The average molecular weight is 317 g/mol. The molecule has 0 bridgehead atoms. The van der Waals surface area contributed by atoms with Crippen LogP contribution in [0.4, 0.5) is 15.8 Å². The number of hydrogen-bond donors (Lipinski definition) is 2. The Kier molecular flexibility index (Phi) is 4.68. The first-order valence-corrected chi connectivity index (χ1v) is 7.28. The third-order valence-electron chi connectivity index (χ3n) is 3.91. The van der Waals surface area contributed by atoms with Gasteiger partial charge in [0.05, 0.1) is 21.6 Å². The molecule has 2 atom stereocenters. The molecule has 0 aliphatic heterocycles. The van der Waals surface area contributed by atoms with Crippen LogP contribution in [0.25, 0.3) is 0 Å². The van der Waals surface area contributed by atoms with E-state index in [9.17, 15) is 19.6 Å². The Morgan fingerprint density at radius 1 is 1.62 bits per heavy atom. The topological polar surface area (TPSA) is 75.4 Å². The maximum atomic E-state index is 13.3. The molecule has 1 aliphatic carbocycles. The van der Waals surface area contributed by atoms with E-state index in [0.29, 0.717) is 18.8 Å². The highest BCUT2D eigenvalue weighted by molar-refractivity contribution is 6.31. The molecule has 0 radical (unpaired) electrons. The number of halogens is 2. The number of aliphatic hydroxyl groups is 1. The van der Waals surface area contributed by atoms with Crippen LogP contribution in [-0.4, -0.2) is 22.2 Å². The van der Waals surface area contributed by atoms with E-state index < -0.39 is 16.3 Å². The predicted octanol–water partition coefficient (Wildman–Crippen LogP) is 3.74. The zero-order valence-electron chi connectivity index (χ0n) is 11.7. The average Bonchev–Trinajstić information content (AvgIpc) is 2.39. The molecule has 7 heteroatoms. The zero-order chi connectivity index (χ0) is 15.6. The molecule has 0 aromatic heterocycles. The van der Waals surface area contributed by atoms with E-state index in [1.54, 1.807) is 0 Å². The molecule has 1 fully saturated rings. The summed E-state index contributed by atoms with van der Waals surface area (Å²) in [6, 6.07) is 1.98. The smallest absolute Gasteiger partial charge is 0.295 e. The first kappa shape index (κ1) is 16.0. The lowest BCUT2D eigenvalue weighted by Crippen LogP contribution is -2.41. The molecule has 116 valence electrons. The highest BCUT2D eigenvalue weighted by atomic mass is 35.5. The van der Waals surface area contributed by atoms with Crippen molar-refractivity contribution in [3.63, 3.8) is 0 Å². The first-order valence-electron chi connectivity index (χ1n) is 6.90. The SMILES string of the molecule is CC1CCCC(O)(CNc2cc(Cl)c(F)cc2[N+](=O)[O-])C1. The Hall–Kier alpha value is -1.40. The molecular formula is C14H18ClFN2O3. The van der Waals surface area contributed by atoms with Crippen molar-refractivity contribution in [3.8, 4) is 0 Å². The summed E-state index contributed by atoms with van der Waals surface area (Å²) in [6.45, 7) is 2.25. The van der Waals surface area contributed by atoms with Crippen LogP contribution in [0.2, 0.25) is 5.02 Å². The number of hydrogen-bond acceptors (Lipinski definition) is 4. The van der Waals surface area contributed by atoms with E-state index in [-0.39, 0.29) is 22.9 Å². The van der Waals surface area contributed by atoms with Crippen molar-refractivity contribution in [1.82, 2.24) is 0 Å². The normalized spacial score (nSPS) is 25.6. The standard InChI is InChI=1S/C14H18ClFN2O3/c1-9-3-2-4-14(19,7-9)8-17-12-5-10(15)11(16)6-13(12)18(20)21/h5-6,9,17,19H,2-4,7-8H2,1H3. The van der Waals surface area contributed by atoms with E-state index in [1.165, 1.54) is 6.07 Å². The summed E-state index contributed by atoms with van der Waals surface area (Å²) in [5.74, 6) is -0.420. The highest BCUT2D eigenvalue weighted by Gasteiger charge is 2.33. The Morgan fingerprint density at radius 3 is 2.95 bits per heavy atom.